The maximum Gasteiger partial charge on any atom is 0.166 e. The number of nitrogens with zero attached hydrogens (tertiary/aromatic N) is 1. The molecule has 1 aliphatic heterocycles. The fourth-order valence-electron chi connectivity index (χ4n) is 4.50. The van der Waals surface area contributed by atoms with Gasteiger partial charge in [-0.05, 0) is 70.2 Å². The van der Waals surface area contributed by atoms with Crippen LogP contribution >= 0.6 is 0 Å². The molecule has 3 aliphatic rings. The molecule has 1 saturated carbocycles. The van der Waals surface area contributed by atoms with Gasteiger partial charge in [-0.15, -0.1) is 0 Å². The van der Waals surface area contributed by atoms with Crippen molar-refractivity contribution in [2.45, 2.75) is 45.1 Å². The first kappa shape index (κ1) is 14.0. The van der Waals surface area contributed by atoms with Crippen molar-refractivity contribution in [1.82, 2.24) is 4.90 Å². The molecule has 1 N–H and O–H groups in total. The van der Waals surface area contributed by atoms with Crippen LogP contribution in [0.2, 0.25) is 0 Å². The van der Waals surface area contributed by atoms with Crippen LogP contribution in [0.5, 0.6) is 0 Å². The van der Waals surface area contributed by atoms with Gasteiger partial charge in [0.2, 0.25) is 0 Å². The zero-order chi connectivity index (χ0) is 14.3. The predicted molar refractivity (Wildman–Crippen MR) is 79.4 cm³/mol. The lowest BCUT2D eigenvalue weighted by molar-refractivity contribution is -0.125. The van der Waals surface area contributed by atoms with E-state index in [0.717, 1.165) is 50.8 Å². The van der Waals surface area contributed by atoms with Gasteiger partial charge in [0.05, 0.1) is 11.5 Å². The van der Waals surface area contributed by atoms with Gasteiger partial charge in [-0.1, -0.05) is 11.6 Å². The summed E-state index contributed by atoms with van der Waals surface area (Å²) in [5.41, 5.74) is 1.83. The number of allylic oxidation sites excluding steroid dienone is 2. The lowest BCUT2D eigenvalue weighted by Gasteiger charge is -2.38. The van der Waals surface area contributed by atoms with E-state index >= 15 is 0 Å². The Hall–Kier alpha value is -0.930. The second kappa shape index (κ2) is 5.12. The predicted octanol–water partition coefficient (Wildman–Crippen LogP) is 2.31. The molecular weight excluding hydrogens is 250 g/mol. The molecule has 1 spiro atoms. The molecule has 110 valence electrons. The molecule has 0 saturated heterocycles. The molecule has 0 aromatic rings. The lowest BCUT2D eigenvalue weighted by atomic mass is 9.64. The number of hydrogen-bond acceptors (Lipinski definition) is 3. The van der Waals surface area contributed by atoms with Gasteiger partial charge in [-0.2, -0.15) is 0 Å². The normalized spacial score (nSPS) is 39.0. The topological polar surface area (TPSA) is 40.5 Å². The number of hydrogen-bond donors (Lipinski definition) is 1. The minimum absolute atomic E-state index is 0.249. The van der Waals surface area contributed by atoms with Gasteiger partial charge in [0, 0.05) is 6.54 Å². The second-order valence-corrected chi connectivity index (χ2v) is 6.83. The van der Waals surface area contributed by atoms with Gasteiger partial charge >= 0.3 is 0 Å². The Bertz CT molecular complexity index is 479. The van der Waals surface area contributed by atoms with Gasteiger partial charge < -0.3 is 10.0 Å². The summed E-state index contributed by atoms with van der Waals surface area (Å²) < 4.78 is 0. The zero-order valence-electron chi connectivity index (χ0n) is 12.6. The molecule has 3 unspecified atom stereocenters. The van der Waals surface area contributed by atoms with E-state index in [9.17, 15) is 9.90 Å². The van der Waals surface area contributed by atoms with Crippen LogP contribution in [0.1, 0.15) is 39.0 Å². The van der Waals surface area contributed by atoms with Crippen LogP contribution in [0.15, 0.2) is 23.3 Å². The summed E-state index contributed by atoms with van der Waals surface area (Å²) in [7, 11) is 2.14. The summed E-state index contributed by atoms with van der Waals surface area (Å²) >= 11 is 0. The molecule has 3 atom stereocenters. The summed E-state index contributed by atoms with van der Waals surface area (Å²) in [6.07, 6.45) is 8.19. The van der Waals surface area contributed by atoms with Gasteiger partial charge in [0.15, 0.2) is 5.78 Å². The first-order valence-corrected chi connectivity index (χ1v) is 7.83. The highest BCUT2D eigenvalue weighted by molar-refractivity contribution is 5.99. The average Bonchev–Trinajstić information content (AvgIpc) is 2.67. The van der Waals surface area contributed by atoms with E-state index in [-0.39, 0.29) is 11.2 Å². The standard InChI is InChI=1S/C17H25NO2/c1-12-9-13-11-15(19)14-5-3-7-18(2)8-4-6-17(13,14)16(20)10-12/h5,10,13,15,19H,3-4,6-9,11H2,1-2H3. The molecule has 20 heavy (non-hydrogen) atoms. The summed E-state index contributed by atoms with van der Waals surface area (Å²) in [4.78, 5) is 15.1. The van der Waals surface area contributed by atoms with Crippen molar-refractivity contribution >= 4 is 5.78 Å². The highest BCUT2D eigenvalue weighted by Crippen LogP contribution is 2.56. The molecule has 3 rings (SSSR count). The molecule has 2 aliphatic carbocycles. The quantitative estimate of drug-likeness (QED) is 0.690. The second-order valence-electron chi connectivity index (χ2n) is 6.83. The van der Waals surface area contributed by atoms with Crippen molar-refractivity contribution in [2.75, 3.05) is 20.1 Å². The smallest absolute Gasteiger partial charge is 0.166 e. The maximum atomic E-state index is 12.8. The monoisotopic (exact) mass is 275 g/mol. The number of rotatable bonds is 0. The highest BCUT2D eigenvalue weighted by atomic mass is 16.3. The molecule has 3 heteroatoms. The molecule has 3 nitrogen and oxygen atoms in total. The van der Waals surface area contributed by atoms with Crippen LogP contribution in [0.25, 0.3) is 0 Å². The maximum absolute atomic E-state index is 12.8. The molecule has 1 heterocycles. The van der Waals surface area contributed by atoms with Crippen molar-refractivity contribution < 1.29 is 9.90 Å². The van der Waals surface area contributed by atoms with E-state index in [1.54, 1.807) is 0 Å². The fourth-order valence-corrected chi connectivity index (χ4v) is 4.50. The zero-order valence-corrected chi connectivity index (χ0v) is 12.6. The Morgan fingerprint density at radius 2 is 2.20 bits per heavy atom. The Morgan fingerprint density at radius 3 is 3.00 bits per heavy atom. The van der Waals surface area contributed by atoms with Crippen molar-refractivity contribution in [2.24, 2.45) is 11.3 Å². The first-order valence-electron chi connectivity index (χ1n) is 7.83. The Balaban J connectivity index is 2.03. The van der Waals surface area contributed by atoms with Crippen LogP contribution in [0.3, 0.4) is 0 Å². The molecule has 0 radical (unpaired) electrons. The van der Waals surface area contributed by atoms with Crippen molar-refractivity contribution in [3.8, 4) is 0 Å². The third-order valence-electron chi connectivity index (χ3n) is 5.45. The van der Waals surface area contributed by atoms with Crippen LogP contribution < -0.4 is 0 Å². The SMILES string of the molecule is CC1=CC(=O)C23CCCN(C)CCC=C2C(O)CC3C1. The third kappa shape index (κ3) is 2.08. The lowest BCUT2D eigenvalue weighted by Crippen LogP contribution is -2.39. The van der Waals surface area contributed by atoms with E-state index in [0.29, 0.717) is 5.92 Å². The average molecular weight is 275 g/mol. The van der Waals surface area contributed by atoms with Gasteiger partial charge in [-0.25, -0.2) is 0 Å². The molecule has 0 aromatic heterocycles. The summed E-state index contributed by atoms with van der Waals surface area (Å²) in [5.74, 6) is 0.559. The minimum Gasteiger partial charge on any atom is -0.389 e. The Kier molecular flexibility index (Phi) is 3.59. The van der Waals surface area contributed by atoms with Crippen LogP contribution in [0.4, 0.5) is 0 Å². The molecule has 1 fully saturated rings. The van der Waals surface area contributed by atoms with Crippen molar-refractivity contribution in [1.29, 1.82) is 0 Å². The Labute approximate surface area is 121 Å². The molecule has 0 aromatic carbocycles. The molecular formula is C17H25NO2. The van der Waals surface area contributed by atoms with E-state index < -0.39 is 6.10 Å². The minimum atomic E-state index is -0.411. The number of ketones is 1. The third-order valence-corrected chi connectivity index (χ3v) is 5.45. The van der Waals surface area contributed by atoms with Crippen molar-refractivity contribution in [3.05, 3.63) is 23.3 Å². The van der Waals surface area contributed by atoms with E-state index in [2.05, 4.69) is 18.0 Å². The van der Waals surface area contributed by atoms with Gasteiger partial charge in [-0.3, -0.25) is 4.79 Å². The van der Waals surface area contributed by atoms with E-state index in [4.69, 9.17) is 0 Å². The van der Waals surface area contributed by atoms with E-state index in [1.807, 2.05) is 13.0 Å². The van der Waals surface area contributed by atoms with Crippen molar-refractivity contribution in [3.63, 3.8) is 0 Å². The molecule has 0 bridgehead atoms. The fraction of sp³-hybridized carbons (Fsp3) is 0.706. The van der Waals surface area contributed by atoms with Crippen LogP contribution in [0, 0.1) is 11.3 Å². The summed E-state index contributed by atoms with van der Waals surface area (Å²) in [5, 5.41) is 10.5. The summed E-state index contributed by atoms with van der Waals surface area (Å²) in [6, 6.07) is 0. The van der Waals surface area contributed by atoms with Crippen LogP contribution in [-0.2, 0) is 4.79 Å². The van der Waals surface area contributed by atoms with E-state index in [1.165, 1.54) is 5.57 Å². The largest absolute Gasteiger partial charge is 0.389 e. The number of aliphatic hydroxyl groups is 1. The number of carbonyl (C=O) groups is 1. The molecule has 0 amide bonds. The first-order chi connectivity index (χ1) is 9.54. The van der Waals surface area contributed by atoms with Crippen LogP contribution in [-0.4, -0.2) is 42.0 Å². The van der Waals surface area contributed by atoms with Gasteiger partial charge in [0.1, 0.15) is 0 Å². The number of aliphatic hydroxyl groups excluding tert-OH is 1. The summed E-state index contributed by atoms with van der Waals surface area (Å²) in [6.45, 7) is 4.10. The highest BCUT2D eigenvalue weighted by Gasteiger charge is 2.55. The van der Waals surface area contributed by atoms with Gasteiger partial charge in [0.25, 0.3) is 0 Å². The Morgan fingerprint density at radius 1 is 1.40 bits per heavy atom. The number of carbonyl (C=O) groups excluding carboxylic acids is 1.